The Morgan fingerprint density at radius 2 is 2.54 bits per heavy atom. The fourth-order valence-corrected chi connectivity index (χ4v) is 1.74. The van der Waals surface area contributed by atoms with E-state index in [0.717, 1.165) is 24.7 Å². The molecule has 2 unspecified atom stereocenters. The minimum Gasteiger partial charge on any atom is -0.472 e. The summed E-state index contributed by atoms with van der Waals surface area (Å²) in [5, 5.41) is 0. The highest BCUT2D eigenvalue weighted by Crippen LogP contribution is 2.38. The number of furan rings is 1. The van der Waals surface area contributed by atoms with E-state index < -0.39 is 0 Å². The number of carbonyl (C=O) groups excluding carboxylic acids is 1. The summed E-state index contributed by atoms with van der Waals surface area (Å²) in [6.45, 7) is 1.99. The number of rotatable bonds is 2. The highest BCUT2D eigenvalue weighted by Gasteiger charge is 2.37. The first kappa shape index (κ1) is 8.51. The smallest absolute Gasteiger partial charge is 0.148 e. The van der Waals surface area contributed by atoms with Gasteiger partial charge < -0.3 is 13.9 Å². The van der Waals surface area contributed by atoms with Crippen molar-refractivity contribution in [3.63, 3.8) is 0 Å². The molecule has 2 rings (SSSR count). The van der Waals surface area contributed by atoms with Gasteiger partial charge in [-0.3, -0.25) is 0 Å². The molecule has 1 aliphatic heterocycles. The average molecular weight is 180 g/mol. The van der Waals surface area contributed by atoms with Crippen LogP contribution in [0.3, 0.4) is 0 Å². The van der Waals surface area contributed by atoms with Crippen LogP contribution in [0.25, 0.3) is 0 Å². The van der Waals surface area contributed by atoms with Crippen LogP contribution in [0.1, 0.15) is 25.3 Å². The molecule has 70 valence electrons. The molecule has 0 aromatic carbocycles. The Labute approximate surface area is 76.7 Å². The zero-order valence-electron chi connectivity index (χ0n) is 7.53. The van der Waals surface area contributed by atoms with Crippen molar-refractivity contribution in [1.29, 1.82) is 0 Å². The molecular formula is C10H12O3. The van der Waals surface area contributed by atoms with Crippen LogP contribution in [-0.4, -0.2) is 12.4 Å². The fourth-order valence-electron chi connectivity index (χ4n) is 1.74. The molecule has 3 nitrogen and oxygen atoms in total. The molecule has 0 saturated carbocycles. The predicted molar refractivity (Wildman–Crippen MR) is 46.2 cm³/mol. The minimum atomic E-state index is -0.335. The van der Waals surface area contributed by atoms with E-state index in [0.29, 0.717) is 0 Å². The first-order valence-corrected chi connectivity index (χ1v) is 4.40. The summed E-state index contributed by atoms with van der Waals surface area (Å²) in [4.78, 5) is 10.5. The van der Waals surface area contributed by atoms with E-state index in [-0.39, 0.29) is 11.7 Å². The standard InChI is InChI=1S/C10H12O3/c1-10(8-3-5-12-7-8)4-2-9(6-11)13-10/h3,5-7,9H,2,4H2,1H3. The number of hydrogen-bond donors (Lipinski definition) is 0. The Morgan fingerprint density at radius 1 is 1.69 bits per heavy atom. The molecule has 1 aromatic rings. The summed E-state index contributed by atoms with van der Waals surface area (Å²) in [7, 11) is 0. The van der Waals surface area contributed by atoms with E-state index >= 15 is 0 Å². The Morgan fingerprint density at radius 3 is 3.08 bits per heavy atom. The van der Waals surface area contributed by atoms with Crippen molar-refractivity contribution in [2.45, 2.75) is 31.5 Å². The van der Waals surface area contributed by atoms with Crippen molar-refractivity contribution in [3.8, 4) is 0 Å². The van der Waals surface area contributed by atoms with Crippen LogP contribution in [0.15, 0.2) is 23.0 Å². The Kier molecular flexibility index (Phi) is 1.96. The monoisotopic (exact) mass is 180 g/mol. The second kappa shape index (κ2) is 3.00. The van der Waals surface area contributed by atoms with Gasteiger partial charge in [-0.25, -0.2) is 0 Å². The zero-order chi connectivity index (χ0) is 9.31. The van der Waals surface area contributed by atoms with Gasteiger partial charge in [0.1, 0.15) is 12.4 Å². The summed E-state index contributed by atoms with van der Waals surface area (Å²) < 4.78 is 10.6. The number of carbonyl (C=O) groups is 1. The molecule has 2 atom stereocenters. The van der Waals surface area contributed by atoms with Crippen LogP contribution < -0.4 is 0 Å². The average Bonchev–Trinajstić information content (AvgIpc) is 2.72. The van der Waals surface area contributed by atoms with Crippen molar-refractivity contribution < 1.29 is 13.9 Å². The molecule has 0 N–H and O–H groups in total. The molecule has 13 heavy (non-hydrogen) atoms. The van der Waals surface area contributed by atoms with Crippen LogP contribution in [0.2, 0.25) is 0 Å². The molecule has 1 saturated heterocycles. The van der Waals surface area contributed by atoms with Gasteiger partial charge in [0.25, 0.3) is 0 Å². The van der Waals surface area contributed by atoms with Crippen LogP contribution in [0.5, 0.6) is 0 Å². The third-order valence-corrected chi connectivity index (χ3v) is 2.60. The van der Waals surface area contributed by atoms with E-state index in [4.69, 9.17) is 9.15 Å². The van der Waals surface area contributed by atoms with Gasteiger partial charge in [-0.2, -0.15) is 0 Å². The third kappa shape index (κ3) is 1.40. The first-order valence-electron chi connectivity index (χ1n) is 4.40. The molecule has 0 radical (unpaired) electrons. The molecule has 0 spiro atoms. The lowest BCUT2D eigenvalue weighted by molar-refractivity contribution is -0.122. The Hall–Kier alpha value is -1.09. The molecule has 0 bridgehead atoms. The quantitative estimate of drug-likeness (QED) is 0.652. The van der Waals surface area contributed by atoms with Crippen LogP contribution in [0.4, 0.5) is 0 Å². The third-order valence-electron chi connectivity index (χ3n) is 2.60. The van der Waals surface area contributed by atoms with Crippen LogP contribution in [-0.2, 0) is 15.1 Å². The predicted octanol–water partition coefficient (Wildman–Crippen LogP) is 1.87. The van der Waals surface area contributed by atoms with Crippen LogP contribution in [0, 0.1) is 0 Å². The summed E-state index contributed by atoms with van der Waals surface area (Å²) >= 11 is 0. The first-order chi connectivity index (χ1) is 6.24. The molecular weight excluding hydrogens is 168 g/mol. The maximum Gasteiger partial charge on any atom is 0.148 e. The van der Waals surface area contributed by atoms with Crippen molar-refractivity contribution >= 4 is 6.29 Å². The highest BCUT2D eigenvalue weighted by atomic mass is 16.5. The zero-order valence-corrected chi connectivity index (χ0v) is 7.53. The maximum absolute atomic E-state index is 10.5. The fraction of sp³-hybridized carbons (Fsp3) is 0.500. The van der Waals surface area contributed by atoms with E-state index in [1.807, 2.05) is 13.0 Å². The van der Waals surface area contributed by atoms with Gasteiger partial charge in [0.2, 0.25) is 0 Å². The minimum absolute atomic E-state index is 0.250. The normalized spacial score (nSPS) is 33.5. The Balaban J connectivity index is 2.19. The van der Waals surface area contributed by atoms with Crippen molar-refractivity contribution in [2.75, 3.05) is 0 Å². The summed E-state index contributed by atoms with van der Waals surface area (Å²) in [6.07, 6.45) is 5.58. The van der Waals surface area contributed by atoms with E-state index in [9.17, 15) is 4.79 Å². The molecule has 2 heterocycles. The van der Waals surface area contributed by atoms with Gasteiger partial charge in [-0.1, -0.05) is 0 Å². The molecule has 1 aliphatic rings. The van der Waals surface area contributed by atoms with E-state index in [1.165, 1.54) is 0 Å². The lowest BCUT2D eigenvalue weighted by Gasteiger charge is -2.21. The number of ether oxygens (including phenoxy) is 1. The topological polar surface area (TPSA) is 39.4 Å². The lowest BCUT2D eigenvalue weighted by atomic mass is 9.95. The van der Waals surface area contributed by atoms with Crippen molar-refractivity contribution in [1.82, 2.24) is 0 Å². The van der Waals surface area contributed by atoms with Gasteiger partial charge in [-0.15, -0.1) is 0 Å². The van der Waals surface area contributed by atoms with Gasteiger partial charge in [-0.05, 0) is 25.8 Å². The molecule has 0 aliphatic carbocycles. The molecule has 1 aromatic heterocycles. The van der Waals surface area contributed by atoms with E-state index in [2.05, 4.69) is 0 Å². The number of aldehydes is 1. The SMILES string of the molecule is CC1(c2ccoc2)CCC(C=O)O1. The second-order valence-electron chi connectivity index (χ2n) is 3.57. The van der Waals surface area contributed by atoms with Gasteiger partial charge in [0.15, 0.2) is 0 Å². The highest BCUT2D eigenvalue weighted by molar-refractivity contribution is 5.56. The van der Waals surface area contributed by atoms with Crippen LogP contribution >= 0.6 is 0 Å². The van der Waals surface area contributed by atoms with Gasteiger partial charge in [0, 0.05) is 5.56 Å². The summed E-state index contributed by atoms with van der Waals surface area (Å²) in [5.41, 5.74) is 0.676. The Bertz CT molecular complexity index is 291. The summed E-state index contributed by atoms with van der Waals surface area (Å²) in [6, 6.07) is 1.88. The number of hydrogen-bond acceptors (Lipinski definition) is 3. The molecule has 1 fully saturated rings. The van der Waals surface area contributed by atoms with Gasteiger partial charge >= 0.3 is 0 Å². The molecule has 3 heteroatoms. The van der Waals surface area contributed by atoms with Gasteiger partial charge in [0.05, 0.1) is 18.1 Å². The lowest BCUT2D eigenvalue weighted by Crippen LogP contribution is -2.22. The second-order valence-corrected chi connectivity index (χ2v) is 3.57. The van der Waals surface area contributed by atoms with Crippen molar-refractivity contribution in [3.05, 3.63) is 24.2 Å². The molecule has 0 amide bonds. The summed E-state index contributed by atoms with van der Waals surface area (Å²) in [5.74, 6) is 0. The largest absolute Gasteiger partial charge is 0.472 e. The van der Waals surface area contributed by atoms with Crippen molar-refractivity contribution in [2.24, 2.45) is 0 Å². The van der Waals surface area contributed by atoms with E-state index in [1.54, 1.807) is 12.5 Å². The maximum atomic E-state index is 10.5.